The van der Waals surface area contributed by atoms with Crippen LogP contribution in [-0.4, -0.2) is 11.1 Å². The van der Waals surface area contributed by atoms with Gasteiger partial charge in [0.2, 0.25) is 0 Å². The van der Waals surface area contributed by atoms with E-state index >= 15 is 0 Å². The van der Waals surface area contributed by atoms with Crippen molar-refractivity contribution in [3.8, 4) is 0 Å². The number of fused-ring (bicyclic) bond motifs is 1. The SMILES string of the molecule is C[C@@H]1Nc2ccncc2N1. The molecule has 0 saturated carbocycles. The van der Waals surface area contributed by atoms with Crippen molar-refractivity contribution in [2.24, 2.45) is 0 Å². The summed E-state index contributed by atoms with van der Waals surface area (Å²) in [4.78, 5) is 3.99. The predicted molar refractivity (Wildman–Crippen MR) is 40.9 cm³/mol. The number of pyridine rings is 1. The van der Waals surface area contributed by atoms with Crippen molar-refractivity contribution in [2.75, 3.05) is 10.6 Å². The summed E-state index contributed by atoms with van der Waals surface area (Å²) in [6, 6.07) is 1.96. The Morgan fingerprint density at radius 2 is 2.20 bits per heavy atom. The molecule has 2 heterocycles. The van der Waals surface area contributed by atoms with E-state index < -0.39 is 0 Å². The van der Waals surface area contributed by atoms with Crippen molar-refractivity contribution >= 4 is 11.4 Å². The van der Waals surface area contributed by atoms with Gasteiger partial charge in [-0.3, -0.25) is 4.98 Å². The predicted octanol–water partition coefficient (Wildman–Crippen LogP) is 1.26. The van der Waals surface area contributed by atoms with Gasteiger partial charge in [0, 0.05) is 6.20 Å². The lowest BCUT2D eigenvalue weighted by Gasteiger charge is -2.01. The Kier molecular flexibility index (Phi) is 1.03. The third-order valence-corrected chi connectivity index (χ3v) is 1.57. The first-order chi connectivity index (χ1) is 4.86. The lowest BCUT2D eigenvalue weighted by atomic mass is 10.4. The summed E-state index contributed by atoms with van der Waals surface area (Å²) in [6.45, 7) is 2.07. The third-order valence-electron chi connectivity index (χ3n) is 1.57. The minimum Gasteiger partial charge on any atom is -0.364 e. The van der Waals surface area contributed by atoms with E-state index in [0.29, 0.717) is 6.17 Å². The van der Waals surface area contributed by atoms with Crippen LogP contribution in [0.25, 0.3) is 0 Å². The Balaban J connectivity index is 2.42. The molecule has 0 bridgehead atoms. The number of rotatable bonds is 0. The van der Waals surface area contributed by atoms with E-state index in [1.807, 2.05) is 12.3 Å². The fourth-order valence-electron chi connectivity index (χ4n) is 1.14. The molecular formula is C7H9N3. The molecule has 1 aromatic heterocycles. The number of aromatic nitrogens is 1. The maximum Gasteiger partial charge on any atom is 0.0936 e. The number of nitrogens with one attached hydrogen (secondary N) is 2. The van der Waals surface area contributed by atoms with Crippen LogP contribution in [0.15, 0.2) is 18.5 Å². The average Bonchev–Trinajstić information content (AvgIpc) is 2.27. The summed E-state index contributed by atoms with van der Waals surface area (Å²) in [7, 11) is 0. The summed E-state index contributed by atoms with van der Waals surface area (Å²) < 4.78 is 0. The Hall–Kier alpha value is -1.25. The van der Waals surface area contributed by atoms with Gasteiger partial charge in [0.15, 0.2) is 0 Å². The Bertz CT molecular complexity index is 221. The smallest absolute Gasteiger partial charge is 0.0936 e. The standard InChI is InChI=1S/C7H9N3/c1-5-9-6-2-3-8-4-7(6)10-5/h2-5,9-10H,1H3/t5-/m1/s1. The fraction of sp³-hybridized carbons (Fsp3) is 0.286. The van der Waals surface area contributed by atoms with Crippen LogP contribution in [0.1, 0.15) is 6.92 Å². The van der Waals surface area contributed by atoms with Crippen LogP contribution in [0.4, 0.5) is 11.4 Å². The van der Waals surface area contributed by atoms with Crippen molar-refractivity contribution in [1.29, 1.82) is 0 Å². The van der Waals surface area contributed by atoms with E-state index in [4.69, 9.17) is 0 Å². The Labute approximate surface area is 59.5 Å². The number of nitrogens with zero attached hydrogens (tertiary/aromatic N) is 1. The molecule has 52 valence electrons. The largest absolute Gasteiger partial charge is 0.364 e. The van der Waals surface area contributed by atoms with E-state index in [1.54, 1.807) is 6.20 Å². The highest BCUT2D eigenvalue weighted by Gasteiger charge is 2.13. The van der Waals surface area contributed by atoms with Gasteiger partial charge in [-0.2, -0.15) is 0 Å². The third kappa shape index (κ3) is 0.708. The molecule has 10 heavy (non-hydrogen) atoms. The summed E-state index contributed by atoms with van der Waals surface area (Å²) in [5, 5.41) is 6.47. The molecule has 2 rings (SSSR count). The zero-order chi connectivity index (χ0) is 6.97. The van der Waals surface area contributed by atoms with Gasteiger partial charge in [-0.25, -0.2) is 0 Å². The van der Waals surface area contributed by atoms with Gasteiger partial charge in [0.25, 0.3) is 0 Å². The van der Waals surface area contributed by atoms with Gasteiger partial charge < -0.3 is 10.6 Å². The molecule has 0 radical (unpaired) electrons. The normalized spacial score (nSPS) is 21.1. The Morgan fingerprint density at radius 1 is 1.40 bits per heavy atom. The van der Waals surface area contributed by atoms with Gasteiger partial charge >= 0.3 is 0 Å². The fourth-order valence-corrected chi connectivity index (χ4v) is 1.14. The van der Waals surface area contributed by atoms with E-state index in [9.17, 15) is 0 Å². The van der Waals surface area contributed by atoms with Gasteiger partial charge in [-0.1, -0.05) is 0 Å². The van der Waals surface area contributed by atoms with Crippen LogP contribution in [-0.2, 0) is 0 Å². The molecule has 0 aliphatic carbocycles. The second-order valence-corrected chi connectivity index (χ2v) is 2.43. The lowest BCUT2D eigenvalue weighted by Crippen LogP contribution is -2.16. The molecule has 0 amide bonds. The van der Waals surface area contributed by atoms with Gasteiger partial charge in [0.1, 0.15) is 0 Å². The maximum absolute atomic E-state index is 3.99. The molecule has 0 aromatic carbocycles. The lowest BCUT2D eigenvalue weighted by molar-refractivity contribution is 0.955. The zero-order valence-corrected chi connectivity index (χ0v) is 5.76. The van der Waals surface area contributed by atoms with Crippen LogP contribution >= 0.6 is 0 Å². The van der Waals surface area contributed by atoms with E-state index in [1.165, 1.54) is 0 Å². The highest BCUT2D eigenvalue weighted by Crippen LogP contribution is 2.26. The first kappa shape index (κ1) is 5.53. The van der Waals surface area contributed by atoms with Crippen molar-refractivity contribution in [2.45, 2.75) is 13.1 Å². The van der Waals surface area contributed by atoms with E-state index in [2.05, 4.69) is 22.5 Å². The maximum atomic E-state index is 3.99. The molecular weight excluding hydrogens is 126 g/mol. The number of hydrogen-bond donors (Lipinski definition) is 2. The number of anilines is 2. The Morgan fingerprint density at radius 3 is 3.00 bits per heavy atom. The highest BCUT2D eigenvalue weighted by molar-refractivity contribution is 5.72. The first-order valence-electron chi connectivity index (χ1n) is 3.33. The summed E-state index contributed by atoms with van der Waals surface area (Å²) in [5.74, 6) is 0. The molecule has 1 aliphatic heterocycles. The second kappa shape index (κ2) is 1.87. The minimum absolute atomic E-state index is 0.333. The average molecular weight is 135 g/mol. The summed E-state index contributed by atoms with van der Waals surface area (Å²) in [5.41, 5.74) is 2.23. The van der Waals surface area contributed by atoms with Crippen molar-refractivity contribution in [3.63, 3.8) is 0 Å². The van der Waals surface area contributed by atoms with Crippen LogP contribution < -0.4 is 10.6 Å². The van der Waals surface area contributed by atoms with Crippen LogP contribution in [0, 0.1) is 0 Å². The van der Waals surface area contributed by atoms with Gasteiger partial charge in [-0.15, -0.1) is 0 Å². The van der Waals surface area contributed by atoms with Gasteiger partial charge in [0.05, 0.1) is 23.7 Å². The molecule has 1 atom stereocenters. The van der Waals surface area contributed by atoms with Crippen molar-refractivity contribution in [1.82, 2.24) is 4.98 Å². The molecule has 3 heteroatoms. The second-order valence-electron chi connectivity index (χ2n) is 2.43. The summed E-state index contributed by atoms with van der Waals surface area (Å²) >= 11 is 0. The van der Waals surface area contributed by atoms with Crippen LogP contribution in [0.2, 0.25) is 0 Å². The van der Waals surface area contributed by atoms with Crippen molar-refractivity contribution in [3.05, 3.63) is 18.5 Å². The van der Waals surface area contributed by atoms with Crippen LogP contribution in [0.5, 0.6) is 0 Å². The first-order valence-corrected chi connectivity index (χ1v) is 3.33. The molecule has 2 N–H and O–H groups in total. The monoisotopic (exact) mass is 135 g/mol. The molecule has 1 aliphatic rings. The highest BCUT2D eigenvalue weighted by atomic mass is 15.2. The molecule has 0 fully saturated rings. The quantitative estimate of drug-likeness (QED) is 0.562. The number of hydrogen-bond acceptors (Lipinski definition) is 3. The molecule has 0 spiro atoms. The van der Waals surface area contributed by atoms with Gasteiger partial charge in [-0.05, 0) is 13.0 Å². The minimum atomic E-state index is 0.333. The topological polar surface area (TPSA) is 37.0 Å². The van der Waals surface area contributed by atoms with Crippen molar-refractivity contribution < 1.29 is 0 Å². The van der Waals surface area contributed by atoms with E-state index in [0.717, 1.165) is 11.4 Å². The van der Waals surface area contributed by atoms with E-state index in [-0.39, 0.29) is 0 Å². The zero-order valence-electron chi connectivity index (χ0n) is 5.76. The molecule has 0 unspecified atom stereocenters. The molecule has 0 saturated heterocycles. The molecule has 1 aromatic rings. The molecule has 3 nitrogen and oxygen atoms in total. The summed E-state index contributed by atoms with van der Waals surface area (Å²) in [6.07, 6.45) is 3.94. The van der Waals surface area contributed by atoms with Crippen LogP contribution in [0.3, 0.4) is 0 Å².